The second-order valence-corrected chi connectivity index (χ2v) is 16.4. The first-order valence-corrected chi connectivity index (χ1v) is 14.6. The van der Waals surface area contributed by atoms with Gasteiger partial charge in [-0.05, 0) is 0 Å². The van der Waals surface area contributed by atoms with Crippen LogP contribution in [-0.4, -0.2) is 36.5 Å². The monoisotopic (exact) mass is 450 g/mol. The standard InChI is InChI=1S/C23H36BrN2P/c1-5-7-19-26(20-8-6-2)27(24,25(3)4,23-17-13-10-14-18-23)21-22-15-11-9-12-16-22/h9-18H,5-8,19-21H2,1-4H3. The van der Waals surface area contributed by atoms with E-state index in [1.807, 2.05) is 0 Å². The Morgan fingerprint density at radius 2 is 1.26 bits per heavy atom. The molecule has 2 aromatic rings. The molecule has 27 heavy (non-hydrogen) atoms. The summed E-state index contributed by atoms with van der Waals surface area (Å²) < 4.78 is 5.29. The van der Waals surface area contributed by atoms with E-state index in [-0.39, 0.29) is 0 Å². The van der Waals surface area contributed by atoms with Crippen LogP contribution in [0.3, 0.4) is 0 Å². The first-order valence-electron chi connectivity index (χ1n) is 10.2. The van der Waals surface area contributed by atoms with E-state index in [4.69, 9.17) is 0 Å². The Hall–Kier alpha value is -0.730. The molecule has 0 bridgehead atoms. The van der Waals surface area contributed by atoms with Gasteiger partial charge in [-0.3, -0.25) is 0 Å². The van der Waals surface area contributed by atoms with Gasteiger partial charge in [0, 0.05) is 0 Å². The van der Waals surface area contributed by atoms with Gasteiger partial charge < -0.3 is 0 Å². The van der Waals surface area contributed by atoms with Crippen molar-refractivity contribution in [2.45, 2.75) is 45.7 Å². The van der Waals surface area contributed by atoms with E-state index in [1.165, 1.54) is 36.6 Å². The van der Waals surface area contributed by atoms with Crippen LogP contribution in [0.4, 0.5) is 0 Å². The Balaban J connectivity index is 2.66. The van der Waals surface area contributed by atoms with Crippen molar-refractivity contribution in [1.29, 1.82) is 0 Å². The van der Waals surface area contributed by atoms with Gasteiger partial charge in [0.05, 0.1) is 0 Å². The van der Waals surface area contributed by atoms with E-state index < -0.39 is 5.61 Å². The summed E-state index contributed by atoms with van der Waals surface area (Å²) in [7, 11) is 4.51. The second kappa shape index (κ2) is 10.2. The predicted molar refractivity (Wildman–Crippen MR) is 127 cm³/mol. The molecule has 0 amide bonds. The Kier molecular flexibility index (Phi) is 8.49. The zero-order chi connectivity index (χ0) is 19.8. The molecule has 0 aliphatic heterocycles. The Bertz CT molecular complexity index is 671. The van der Waals surface area contributed by atoms with Crippen molar-refractivity contribution in [2.75, 3.05) is 27.2 Å². The van der Waals surface area contributed by atoms with Crippen LogP contribution in [0.25, 0.3) is 0 Å². The average Bonchev–Trinajstić information content (AvgIpc) is 2.69. The normalized spacial score (nSPS) is 13.7. The van der Waals surface area contributed by atoms with E-state index in [0.29, 0.717) is 0 Å². The number of halogens is 1. The minimum absolute atomic E-state index is 1.01. The SMILES string of the molecule is CCCCN(CCCC)P(Br)(Cc1ccccc1)(c1ccccc1)N(C)C. The van der Waals surface area contributed by atoms with Crippen molar-refractivity contribution < 1.29 is 0 Å². The summed E-state index contributed by atoms with van der Waals surface area (Å²) in [6.07, 6.45) is 5.90. The van der Waals surface area contributed by atoms with Crippen LogP contribution < -0.4 is 5.30 Å². The molecule has 2 rings (SSSR count). The van der Waals surface area contributed by atoms with Crippen molar-refractivity contribution in [3.05, 3.63) is 66.2 Å². The first kappa shape index (κ1) is 22.6. The molecule has 0 saturated carbocycles. The predicted octanol–water partition coefficient (Wildman–Crippen LogP) is 6.67. The van der Waals surface area contributed by atoms with Crippen LogP contribution in [0.2, 0.25) is 0 Å². The molecule has 4 heteroatoms. The van der Waals surface area contributed by atoms with Crippen LogP contribution in [0.15, 0.2) is 60.7 Å². The number of benzene rings is 2. The van der Waals surface area contributed by atoms with Gasteiger partial charge in [-0.2, -0.15) is 0 Å². The van der Waals surface area contributed by atoms with Crippen LogP contribution in [0, 0.1) is 0 Å². The summed E-state index contributed by atoms with van der Waals surface area (Å²) in [6.45, 7) is 6.83. The van der Waals surface area contributed by atoms with E-state index in [9.17, 15) is 0 Å². The zero-order valence-electron chi connectivity index (χ0n) is 17.4. The van der Waals surface area contributed by atoms with Crippen molar-refractivity contribution >= 4 is 26.4 Å². The van der Waals surface area contributed by atoms with Gasteiger partial charge in [0.25, 0.3) is 0 Å². The third-order valence-corrected chi connectivity index (χ3v) is 16.2. The third kappa shape index (κ3) is 4.82. The van der Waals surface area contributed by atoms with Gasteiger partial charge in [-0.25, -0.2) is 0 Å². The fourth-order valence-corrected chi connectivity index (χ4v) is 11.0. The van der Waals surface area contributed by atoms with Gasteiger partial charge in [0.1, 0.15) is 0 Å². The molecule has 0 heterocycles. The summed E-state index contributed by atoms with van der Waals surface area (Å²) in [5.41, 5.74) is -1.33. The molecule has 0 spiro atoms. The number of hydrogen-bond acceptors (Lipinski definition) is 2. The van der Waals surface area contributed by atoms with E-state index >= 15 is 0 Å². The fraction of sp³-hybridized carbons (Fsp3) is 0.478. The van der Waals surface area contributed by atoms with E-state index in [2.05, 4.69) is 113 Å². The molecule has 2 nitrogen and oxygen atoms in total. The van der Waals surface area contributed by atoms with Crippen LogP contribution in [0.1, 0.15) is 45.1 Å². The molecular formula is C23H36BrN2P. The number of unbranched alkanes of at least 4 members (excludes halogenated alkanes) is 2. The molecule has 0 aliphatic carbocycles. The molecule has 0 aliphatic rings. The van der Waals surface area contributed by atoms with Gasteiger partial charge in [-0.1, -0.05) is 0 Å². The summed E-state index contributed by atoms with van der Waals surface area (Å²) in [4.78, 5) is 0. The second-order valence-electron chi connectivity index (χ2n) is 7.57. The average molecular weight is 451 g/mol. The van der Waals surface area contributed by atoms with Gasteiger partial charge in [0.2, 0.25) is 0 Å². The zero-order valence-corrected chi connectivity index (χ0v) is 19.9. The quantitative estimate of drug-likeness (QED) is 0.352. The van der Waals surface area contributed by atoms with Gasteiger partial charge in [0.15, 0.2) is 0 Å². The molecule has 0 N–H and O–H groups in total. The topological polar surface area (TPSA) is 6.48 Å². The molecule has 150 valence electrons. The van der Waals surface area contributed by atoms with Gasteiger partial charge >= 0.3 is 175 Å². The maximum absolute atomic E-state index is 4.51. The Morgan fingerprint density at radius 1 is 0.778 bits per heavy atom. The summed E-state index contributed by atoms with van der Waals surface area (Å²) in [5.74, 6) is 0. The summed E-state index contributed by atoms with van der Waals surface area (Å²) >= 11 is 4.51. The molecule has 0 radical (unpaired) electrons. The fourth-order valence-electron chi connectivity index (χ4n) is 3.81. The summed E-state index contributed by atoms with van der Waals surface area (Å²) in [5, 5.41) is 1.42. The van der Waals surface area contributed by atoms with Crippen LogP contribution in [-0.2, 0) is 6.16 Å². The molecule has 0 unspecified atom stereocenters. The third-order valence-electron chi connectivity index (χ3n) is 5.50. The Morgan fingerprint density at radius 3 is 1.70 bits per heavy atom. The van der Waals surface area contributed by atoms with Crippen LogP contribution >= 0.6 is 21.1 Å². The first-order chi connectivity index (χ1) is 13.0. The summed E-state index contributed by atoms with van der Waals surface area (Å²) in [6, 6.07) is 22.1. The van der Waals surface area contributed by atoms with Crippen molar-refractivity contribution in [3.63, 3.8) is 0 Å². The number of rotatable bonds is 11. The van der Waals surface area contributed by atoms with Gasteiger partial charge in [-0.15, -0.1) is 0 Å². The molecule has 0 atom stereocenters. The Labute approximate surface area is 174 Å². The molecule has 2 aromatic carbocycles. The van der Waals surface area contributed by atoms with Crippen molar-refractivity contribution in [2.24, 2.45) is 0 Å². The van der Waals surface area contributed by atoms with Crippen molar-refractivity contribution in [3.8, 4) is 0 Å². The minimum atomic E-state index is -2.73. The molecule has 0 fully saturated rings. The number of nitrogens with zero attached hydrogens (tertiary/aromatic N) is 2. The van der Waals surface area contributed by atoms with E-state index in [0.717, 1.165) is 19.3 Å². The maximum atomic E-state index is 4.51. The molecule has 0 aromatic heterocycles. The molecule has 0 saturated heterocycles. The van der Waals surface area contributed by atoms with Crippen LogP contribution in [0.5, 0.6) is 0 Å². The van der Waals surface area contributed by atoms with E-state index in [1.54, 1.807) is 0 Å². The number of hydrogen-bond donors (Lipinski definition) is 0. The van der Waals surface area contributed by atoms with Crippen molar-refractivity contribution in [1.82, 2.24) is 9.34 Å². The molecular weight excluding hydrogens is 415 g/mol.